The Balaban J connectivity index is 1.88. The molecule has 0 saturated carbocycles. The van der Waals surface area contributed by atoms with Gasteiger partial charge in [-0.25, -0.2) is 4.68 Å². The Labute approximate surface area is 134 Å². The van der Waals surface area contributed by atoms with E-state index in [0.29, 0.717) is 17.1 Å². The minimum Gasteiger partial charge on any atom is -0.383 e. The van der Waals surface area contributed by atoms with Crippen LogP contribution in [0.3, 0.4) is 0 Å². The third-order valence-corrected chi connectivity index (χ3v) is 4.53. The quantitative estimate of drug-likeness (QED) is 0.814. The Hall–Kier alpha value is -0.880. The fourth-order valence-electron chi connectivity index (χ4n) is 2.46. The van der Waals surface area contributed by atoms with Crippen molar-refractivity contribution >= 4 is 21.6 Å². The van der Waals surface area contributed by atoms with Gasteiger partial charge >= 0.3 is 0 Å². The van der Waals surface area contributed by atoms with Crippen LogP contribution in [0.4, 0.5) is 5.69 Å². The number of hydrogen-bond acceptors (Lipinski definition) is 4. The highest BCUT2D eigenvalue weighted by Crippen LogP contribution is 2.18. The molecule has 2 heterocycles. The van der Waals surface area contributed by atoms with E-state index in [2.05, 4.69) is 33.3 Å². The third-order valence-electron chi connectivity index (χ3n) is 3.76. The van der Waals surface area contributed by atoms with E-state index in [1.54, 1.807) is 6.20 Å². The fraction of sp³-hybridized carbons (Fsp3) is 0.733. The molecule has 0 radical (unpaired) electrons. The van der Waals surface area contributed by atoms with Crippen LogP contribution in [0.2, 0.25) is 0 Å². The smallest absolute Gasteiger partial charge is 0.283 e. The Morgan fingerprint density at radius 2 is 2.38 bits per heavy atom. The second-order valence-corrected chi connectivity index (χ2v) is 6.25. The number of ether oxygens (including phenoxy) is 1. The normalized spacial score (nSPS) is 18.7. The minimum atomic E-state index is -0.0673. The first-order chi connectivity index (χ1) is 10.2. The van der Waals surface area contributed by atoms with Crippen LogP contribution in [-0.4, -0.2) is 29.0 Å². The summed E-state index contributed by atoms with van der Waals surface area (Å²) in [6, 6.07) is 0. The number of anilines is 1. The lowest BCUT2D eigenvalue weighted by Gasteiger charge is -2.22. The SMILES string of the molecule is CCCCn1ncc(NCCC2CCCCO2)c(Br)c1=O. The minimum absolute atomic E-state index is 0.0673. The van der Waals surface area contributed by atoms with Crippen LogP contribution >= 0.6 is 15.9 Å². The number of aromatic nitrogens is 2. The van der Waals surface area contributed by atoms with Gasteiger partial charge < -0.3 is 10.1 Å². The highest BCUT2D eigenvalue weighted by atomic mass is 79.9. The Morgan fingerprint density at radius 1 is 1.52 bits per heavy atom. The highest BCUT2D eigenvalue weighted by Gasteiger charge is 2.14. The maximum atomic E-state index is 12.1. The van der Waals surface area contributed by atoms with Gasteiger partial charge in [-0.15, -0.1) is 0 Å². The summed E-state index contributed by atoms with van der Waals surface area (Å²) in [4.78, 5) is 12.1. The van der Waals surface area contributed by atoms with E-state index < -0.39 is 0 Å². The number of rotatable bonds is 7. The highest BCUT2D eigenvalue weighted by molar-refractivity contribution is 9.10. The summed E-state index contributed by atoms with van der Waals surface area (Å²) in [6.45, 7) is 4.44. The van der Waals surface area contributed by atoms with Crippen molar-refractivity contribution in [2.45, 2.75) is 58.1 Å². The van der Waals surface area contributed by atoms with Gasteiger partial charge in [-0.2, -0.15) is 5.10 Å². The number of nitrogens with one attached hydrogen (secondary N) is 1. The van der Waals surface area contributed by atoms with Gasteiger partial charge in [0.1, 0.15) is 4.47 Å². The van der Waals surface area contributed by atoms with E-state index in [1.807, 2.05) is 0 Å². The summed E-state index contributed by atoms with van der Waals surface area (Å²) >= 11 is 3.38. The monoisotopic (exact) mass is 357 g/mol. The van der Waals surface area contributed by atoms with Gasteiger partial charge in [-0.3, -0.25) is 4.79 Å². The van der Waals surface area contributed by atoms with Crippen molar-refractivity contribution in [2.75, 3.05) is 18.5 Å². The third kappa shape index (κ3) is 4.81. The van der Waals surface area contributed by atoms with Crippen LogP contribution < -0.4 is 10.9 Å². The molecule has 0 spiro atoms. The van der Waals surface area contributed by atoms with Gasteiger partial charge in [0.15, 0.2) is 0 Å². The summed E-state index contributed by atoms with van der Waals surface area (Å²) in [5.74, 6) is 0. The Bertz CT molecular complexity index is 498. The molecule has 0 bridgehead atoms. The van der Waals surface area contributed by atoms with Gasteiger partial charge in [-0.05, 0) is 48.0 Å². The van der Waals surface area contributed by atoms with E-state index in [1.165, 1.54) is 17.5 Å². The molecule has 1 saturated heterocycles. The molecule has 2 rings (SSSR count). The summed E-state index contributed by atoms with van der Waals surface area (Å²) < 4.78 is 7.78. The van der Waals surface area contributed by atoms with Crippen molar-refractivity contribution in [3.63, 3.8) is 0 Å². The zero-order chi connectivity index (χ0) is 15.1. The molecule has 1 unspecified atom stereocenters. The lowest BCUT2D eigenvalue weighted by Crippen LogP contribution is -2.26. The van der Waals surface area contributed by atoms with Gasteiger partial charge in [0.25, 0.3) is 5.56 Å². The second-order valence-electron chi connectivity index (χ2n) is 5.46. The molecule has 5 nitrogen and oxygen atoms in total. The number of unbranched alkanes of at least 4 members (excludes halogenated alkanes) is 1. The predicted molar refractivity (Wildman–Crippen MR) is 87.8 cm³/mol. The molecule has 1 aromatic rings. The Kier molecular flexibility index (Phi) is 6.70. The van der Waals surface area contributed by atoms with Crippen LogP contribution in [-0.2, 0) is 11.3 Å². The first kappa shape index (κ1) is 16.5. The molecule has 1 atom stereocenters. The average molecular weight is 358 g/mol. The number of halogens is 1. The molecule has 1 aliphatic rings. The maximum absolute atomic E-state index is 12.1. The van der Waals surface area contributed by atoms with Crippen LogP contribution in [0, 0.1) is 0 Å². The molecule has 1 fully saturated rings. The van der Waals surface area contributed by atoms with Crippen LogP contribution in [0.15, 0.2) is 15.5 Å². The standard InChI is InChI=1S/C15H24BrN3O2/c1-2-3-9-19-15(20)14(16)13(11-18-19)17-8-7-12-6-4-5-10-21-12/h11-12,17H,2-10H2,1H3. The predicted octanol–water partition coefficient (Wildman–Crippen LogP) is 3.18. The largest absolute Gasteiger partial charge is 0.383 e. The number of aryl methyl sites for hydroxylation is 1. The van der Waals surface area contributed by atoms with Crippen molar-refractivity contribution in [1.29, 1.82) is 0 Å². The van der Waals surface area contributed by atoms with Crippen molar-refractivity contribution < 1.29 is 4.74 Å². The molecule has 1 aliphatic heterocycles. The summed E-state index contributed by atoms with van der Waals surface area (Å²) in [7, 11) is 0. The van der Waals surface area contributed by atoms with E-state index in [9.17, 15) is 4.79 Å². The van der Waals surface area contributed by atoms with Crippen molar-refractivity contribution in [1.82, 2.24) is 9.78 Å². The average Bonchev–Trinajstić information content (AvgIpc) is 2.52. The molecule has 21 heavy (non-hydrogen) atoms. The van der Waals surface area contributed by atoms with E-state index in [-0.39, 0.29) is 5.56 Å². The van der Waals surface area contributed by atoms with E-state index >= 15 is 0 Å². The topological polar surface area (TPSA) is 56.1 Å². The van der Waals surface area contributed by atoms with Crippen molar-refractivity contribution in [3.05, 3.63) is 21.0 Å². The van der Waals surface area contributed by atoms with Crippen molar-refractivity contribution in [2.24, 2.45) is 0 Å². The summed E-state index contributed by atoms with van der Waals surface area (Å²) in [5, 5.41) is 7.50. The first-order valence-corrected chi connectivity index (χ1v) is 8.62. The van der Waals surface area contributed by atoms with E-state index in [0.717, 1.165) is 44.5 Å². The van der Waals surface area contributed by atoms with Gasteiger partial charge in [-0.1, -0.05) is 13.3 Å². The molecule has 6 heteroatoms. The van der Waals surface area contributed by atoms with Crippen LogP contribution in [0.1, 0.15) is 45.4 Å². The molecule has 1 aromatic heterocycles. The first-order valence-electron chi connectivity index (χ1n) is 7.83. The molecule has 0 aromatic carbocycles. The zero-order valence-electron chi connectivity index (χ0n) is 12.6. The maximum Gasteiger partial charge on any atom is 0.283 e. The van der Waals surface area contributed by atoms with Crippen LogP contribution in [0.5, 0.6) is 0 Å². The lowest BCUT2D eigenvalue weighted by molar-refractivity contribution is 0.0134. The zero-order valence-corrected chi connectivity index (χ0v) is 14.2. The van der Waals surface area contributed by atoms with Crippen LogP contribution in [0.25, 0.3) is 0 Å². The molecule has 0 amide bonds. The molecular formula is C15H24BrN3O2. The van der Waals surface area contributed by atoms with E-state index in [4.69, 9.17) is 4.74 Å². The van der Waals surface area contributed by atoms with Gasteiger partial charge in [0.2, 0.25) is 0 Å². The molecular weight excluding hydrogens is 334 g/mol. The summed E-state index contributed by atoms with van der Waals surface area (Å²) in [6.07, 6.45) is 8.62. The molecule has 1 N–H and O–H groups in total. The summed E-state index contributed by atoms with van der Waals surface area (Å²) in [5.41, 5.74) is 0.700. The van der Waals surface area contributed by atoms with Gasteiger partial charge in [0, 0.05) is 19.7 Å². The molecule has 0 aliphatic carbocycles. The van der Waals surface area contributed by atoms with Gasteiger partial charge in [0.05, 0.1) is 18.0 Å². The number of nitrogens with zero attached hydrogens (tertiary/aromatic N) is 2. The Morgan fingerprint density at radius 3 is 3.10 bits per heavy atom. The lowest BCUT2D eigenvalue weighted by atomic mass is 10.1. The fourth-order valence-corrected chi connectivity index (χ4v) is 2.91. The number of hydrogen-bond donors (Lipinski definition) is 1. The second kappa shape index (κ2) is 8.54. The molecule has 118 valence electrons. The van der Waals surface area contributed by atoms with Crippen molar-refractivity contribution in [3.8, 4) is 0 Å².